The summed E-state index contributed by atoms with van der Waals surface area (Å²) < 4.78 is 0. The highest BCUT2D eigenvalue weighted by Gasteiger charge is 2.36. The number of carbonyl (C=O) groups is 1. The van der Waals surface area contributed by atoms with E-state index in [2.05, 4.69) is 13.8 Å². The number of benzene rings is 1. The van der Waals surface area contributed by atoms with Crippen LogP contribution in [0.5, 0.6) is 0 Å². The van der Waals surface area contributed by atoms with Crippen LogP contribution in [-0.2, 0) is 4.79 Å². The Kier molecular flexibility index (Phi) is 4.59. The van der Waals surface area contributed by atoms with Crippen molar-refractivity contribution in [2.24, 2.45) is 11.7 Å². The van der Waals surface area contributed by atoms with Gasteiger partial charge in [0.2, 0.25) is 5.91 Å². The van der Waals surface area contributed by atoms with Crippen molar-refractivity contribution < 1.29 is 4.79 Å². The van der Waals surface area contributed by atoms with Crippen LogP contribution in [0.1, 0.15) is 38.2 Å². The van der Waals surface area contributed by atoms with E-state index in [9.17, 15) is 4.79 Å². The summed E-state index contributed by atoms with van der Waals surface area (Å²) in [6.45, 7) is 5.68. The van der Waals surface area contributed by atoms with Gasteiger partial charge in [0.25, 0.3) is 0 Å². The van der Waals surface area contributed by atoms with Crippen LogP contribution in [0, 0.1) is 5.92 Å². The van der Waals surface area contributed by atoms with Crippen LogP contribution in [0.4, 0.5) is 0 Å². The van der Waals surface area contributed by atoms with Crippen LogP contribution in [0.15, 0.2) is 30.3 Å². The number of hydrogen-bond donors (Lipinski definition) is 1. The quantitative estimate of drug-likeness (QED) is 0.903. The smallest absolute Gasteiger partial charge is 0.230 e. The van der Waals surface area contributed by atoms with Crippen molar-refractivity contribution in [3.8, 4) is 0 Å². The second-order valence-corrected chi connectivity index (χ2v) is 5.47. The first-order chi connectivity index (χ1) is 9.19. The minimum absolute atomic E-state index is 0.0273. The lowest BCUT2D eigenvalue weighted by atomic mass is 9.94. The van der Waals surface area contributed by atoms with Crippen LogP contribution in [0.3, 0.4) is 0 Å². The zero-order valence-corrected chi connectivity index (χ0v) is 11.9. The van der Waals surface area contributed by atoms with Crippen molar-refractivity contribution in [2.45, 2.75) is 38.6 Å². The van der Waals surface area contributed by atoms with Gasteiger partial charge in [0, 0.05) is 19.1 Å². The fraction of sp³-hybridized carbons (Fsp3) is 0.562. The van der Waals surface area contributed by atoms with Crippen molar-refractivity contribution in [1.82, 2.24) is 4.90 Å². The third kappa shape index (κ3) is 2.81. The Hall–Kier alpha value is -1.35. The van der Waals surface area contributed by atoms with E-state index in [0.29, 0.717) is 12.5 Å². The van der Waals surface area contributed by atoms with Crippen LogP contribution in [0.2, 0.25) is 0 Å². The lowest BCUT2D eigenvalue weighted by molar-refractivity contribution is -0.133. The van der Waals surface area contributed by atoms with Gasteiger partial charge in [-0.1, -0.05) is 44.2 Å². The number of nitrogens with zero attached hydrogens (tertiary/aromatic N) is 1. The van der Waals surface area contributed by atoms with Crippen molar-refractivity contribution in [3.05, 3.63) is 35.9 Å². The molecule has 1 aliphatic heterocycles. The molecule has 1 aromatic carbocycles. The third-order valence-electron chi connectivity index (χ3n) is 4.32. The Morgan fingerprint density at radius 3 is 2.68 bits per heavy atom. The second-order valence-electron chi connectivity index (χ2n) is 5.47. The molecule has 1 aromatic rings. The van der Waals surface area contributed by atoms with Crippen LogP contribution in [-0.4, -0.2) is 29.9 Å². The predicted molar refractivity (Wildman–Crippen MR) is 77.8 cm³/mol. The molecular formula is C16H24N2O. The lowest BCUT2D eigenvalue weighted by Crippen LogP contribution is -2.44. The van der Waals surface area contributed by atoms with Crippen LogP contribution < -0.4 is 5.73 Å². The monoisotopic (exact) mass is 260 g/mol. The summed E-state index contributed by atoms with van der Waals surface area (Å²) in [6, 6.07) is 10.3. The Balaban J connectivity index is 2.18. The molecule has 1 fully saturated rings. The van der Waals surface area contributed by atoms with Crippen molar-refractivity contribution in [2.75, 3.05) is 13.1 Å². The summed E-state index contributed by atoms with van der Waals surface area (Å²) in [5.41, 5.74) is 6.95. The van der Waals surface area contributed by atoms with Crippen LogP contribution in [0.25, 0.3) is 0 Å². The number of amides is 1. The summed E-state index contributed by atoms with van der Waals surface area (Å²) >= 11 is 0. The van der Waals surface area contributed by atoms with E-state index in [0.717, 1.165) is 24.9 Å². The Labute approximate surface area is 115 Å². The Morgan fingerprint density at radius 1 is 1.42 bits per heavy atom. The lowest BCUT2D eigenvalue weighted by Gasteiger charge is -2.29. The van der Waals surface area contributed by atoms with Crippen molar-refractivity contribution in [3.63, 3.8) is 0 Å². The summed E-state index contributed by atoms with van der Waals surface area (Å²) in [4.78, 5) is 14.8. The molecule has 3 heteroatoms. The first kappa shape index (κ1) is 14.1. The summed E-state index contributed by atoms with van der Waals surface area (Å²) in [6.07, 6.45) is 1.91. The van der Waals surface area contributed by atoms with E-state index in [1.807, 2.05) is 35.2 Å². The van der Waals surface area contributed by atoms with Crippen molar-refractivity contribution in [1.29, 1.82) is 0 Å². The molecule has 2 N–H and O–H groups in total. The topological polar surface area (TPSA) is 46.3 Å². The Bertz CT molecular complexity index is 418. The zero-order valence-electron chi connectivity index (χ0n) is 11.9. The summed E-state index contributed by atoms with van der Waals surface area (Å²) in [7, 11) is 0. The zero-order chi connectivity index (χ0) is 13.8. The van der Waals surface area contributed by atoms with E-state index in [1.54, 1.807) is 0 Å². The van der Waals surface area contributed by atoms with Gasteiger partial charge in [-0.25, -0.2) is 0 Å². The molecule has 0 radical (unpaired) electrons. The first-order valence-electron chi connectivity index (χ1n) is 7.24. The molecule has 0 aliphatic carbocycles. The van der Waals surface area contributed by atoms with Crippen molar-refractivity contribution >= 4 is 5.91 Å². The van der Waals surface area contributed by atoms with Gasteiger partial charge in [-0.3, -0.25) is 4.79 Å². The second kappa shape index (κ2) is 6.20. The maximum absolute atomic E-state index is 12.8. The maximum atomic E-state index is 12.8. The number of carbonyl (C=O) groups excluding carboxylic acids is 1. The SMILES string of the molecule is CCC(C(=O)N1CCC(C)C1CN)c1ccccc1. The highest BCUT2D eigenvalue weighted by atomic mass is 16.2. The molecule has 3 nitrogen and oxygen atoms in total. The molecule has 1 saturated heterocycles. The molecule has 2 rings (SSSR count). The van der Waals surface area contributed by atoms with E-state index in [1.165, 1.54) is 0 Å². The molecule has 1 aliphatic rings. The molecule has 3 unspecified atom stereocenters. The fourth-order valence-electron chi connectivity index (χ4n) is 3.08. The van der Waals surface area contributed by atoms with Gasteiger partial charge in [-0.2, -0.15) is 0 Å². The maximum Gasteiger partial charge on any atom is 0.230 e. The van der Waals surface area contributed by atoms with Gasteiger partial charge in [0.1, 0.15) is 0 Å². The van der Waals surface area contributed by atoms with E-state index >= 15 is 0 Å². The average molecular weight is 260 g/mol. The normalized spacial score (nSPS) is 24.5. The molecule has 1 heterocycles. The first-order valence-corrected chi connectivity index (χ1v) is 7.24. The molecular weight excluding hydrogens is 236 g/mol. The molecule has 1 amide bonds. The van der Waals surface area contributed by atoms with Gasteiger partial charge in [0.15, 0.2) is 0 Å². The highest BCUT2D eigenvalue weighted by Crippen LogP contribution is 2.29. The molecule has 19 heavy (non-hydrogen) atoms. The van der Waals surface area contributed by atoms with Gasteiger partial charge in [-0.15, -0.1) is 0 Å². The Morgan fingerprint density at radius 2 is 2.11 bits per heavy atom. The standard InChI is InChI=1S/C16H24N2O/c1-3-14(13-7-5-4-6-8-13)16(19)18-10-9-12(2)15(18)11-17/h4-8,12,14-15H,3,9-11,17H2,1-2H3. The van der Waals surface area contributed by atoms with Gasteiger partial charge in [0.05, 0.1) is 5.92 Å². The fourth-order valence-corrected chi connectivity index (χ4v) is 3.08. The van der Waals surface area contributed by atoms with E-state index in [4.69, 9.17) is 5.73 Å². The highest BCUT2D eigenvalue weighted by molar-refractivity contribution is 5.84. The minimum atomic E-state index is -0.0273. The predicted octanol–water partition coefficient (Wildman–Crippen LogP) is 2.38. The summed E-state index contributed by atoms with van der Waals surface area (Å²) in [5.74, 6) is 0.733. The minimum Gasteiger partial charge on any atom is -0.338 e. The molecule has 0 aromatic heterocycles. The van der Waals surface area contributed by atoms with E-state index < -0.39 is 0 Å². The number of nitrogens with two attached hydrogens (primary N) is 1. The number of hydrogen-bond acceptors (Lipinski definition) is 2. The summed E-state index contributed by atoms with van der Waals surface area (Å²) in [5, 5.41) is 0. The molecule has 0 spiro atoms. The number of rotatable bonds is 4. The van der Waals surface area contributed by atoms with Gasteiger partial charge < -0.3 is 10.6 Å². The van der Waals surface area contributed by atoms with Gasteiger partial charge in [-0.05, 0) is 24.3 Å². The average Bonchev–Trinajstić information content (AvgIpc) is 2.81. The third-order valence-corrected chi connectivity index (χ3v) is 4.32. The molecule has 3 atom stereocenters. The van der Waals surface area contributed by atoms with Crippen LogP contribution >= 0.6 is 0 Å². The number of likely N-dealkylation sites (tertiary alicyclic amines) is 1. The van der Waals surface area contributed by atoms with Gasteiger partial charge >= 0.3 is 0 Å². The molecule has 104 valence electrons. The molecule has 0 bridgehead atoms. The largest absolute Gasteiger partial charge is 0.338 e. The van der Waals surface area contributed by atoms with E-state index in [-0.39, 0.29) is 17.9 Å². The molecule has 0 saturated carbocycles.